The van der Waals surface area contributed by atoms with Crippen LogP contribution >= 0.6 is 0 Å². The number of nitrogens with one attached hydrogen (secondary N) is 4. The van der Waals surface area contributed by atoms with Crippen LogP contribution in [0.1, 0.15) is 52.8 Å². The summed E-state index contributed by atoms with van der Waals surface area (Å²) in [6.07, 6.45) is 4.48. The number of hydrogen-bond acceptors (Lipinski definition) is 6. The maximum absolute atomic E-state index is 12.4. The fourth-order valence-corrected chi connectivity index (χ4v) is 4.09. The van der Waals surface area contributed by atoms with Crippen molar-refractivity contribution in [2.45, 2.75) is 32.1 Å². The minimum atomic E-state index is -0.166. The largest absolute Gasteiger partial charge is 0.355 e. The van der Waals surface area contributed by atoms with Gasteiger partial charge in [-0.15, -0.1) is 0 Å². The van der Waals surface area contributed by atoms with Crippen molar-refractivity contribution in [3.8, 4) is 0 Å². The molecule has 170 valence electrons. The predicted octanol–water partition coefficient (Wildman–Crippen LogP) is 0.748. The van der Waals surface area contributed by atoms with Crippen LogP contribution in [0.15, 0.2) is 24.3 Å². The summed E-state index contributed by atoms with van der Waals surface area (Å²) in [4.78, 5) is 37.9. The second kappa shape index (κ2) is 12.5. The Morgan fingerprint density at radius 3 is 2.13 bits per heavy atom. The highest BCUT2D eigenvalue weighted by atomic mass is 16.2. The Hall–Kier alpha value is -2.29. The van der Waals surface area contributed by atoms with Gasteiger partial charge in [-0.05, 0) is 44.0 Å². The number of unbranched alkanes of at least 4 members (excludes halogenated alkanes) is 2. The summed E-state index contributed by atoms with van der Waals surface area (Å²) in [6.45, 7) is 6.23. The lowest BCUT2D eigenvalue weighted by Gasteiger charge is -2.20. The van der Waals surface area contributed by atoms with Crippen LogP contribution < -0.4 is 21.3 Å². The summed E-state index contributed by atoms with van der Waals surface area (Å²) in [5.41, 5.74) is 1.05. The van der Waals surface area contributed by atoms with E-state index in [1.54, 1.807) is 24.3 Å². The van der Waals surface area contributed by atoms with Crippen LogP contribution in [0.4, 0.5) is 0 Å². The average Bonchev–Trinajstić information content (AvgIpc) is 3.02. The van der Waals surface area contributed by atoms with Crippen molar-refractivity contribution in [2.75, 3.05) is 52.4 Å². The van der Waals surface area contributed by atoms with Gasteiger partial charge in [-0.2, -0.15) is 0 Å². The molecule has 3 amide bonds. The van der Waals surface area contributed by atoms with Gasteiger partial charge in [0, 0.05) is 45.7 Å². The van der Waals surface area contributed by atoms with E-state index in [1.165, 1.54) is 4.90 Å². The molecule has 31 heavy (non-hydrogen) atoms. The molecule has 1 aromatic carbocycles. The van der Waals surface area contributed by atoms with Crippen LogP contribution in [0, 0.1) is 5.92 Å². The third-order valence-electron chi connectivity index (χ3n) is 5.87. The number of carbonyl (C=O) groups excluding carboxylic acids is 3. The summed E-state index contributed by atoms with van der Waals surface area (Å²) in [6, 6.07) is 7.05. The molecule has 1 atom stereocenters. The number of imide groups is 1. The van der Waals surface area contributed by atoms with Crippen LogP contribution in [0.2, 0.25) is 0 Å². The lowest BCUT2D eigenvalue weighted by atomic mass is 10.0. The number of fused-ring (bicyclic) bond motifs is 1. The Morgan fingerprint density at radius 1 is 0.774 bits per heavy atom. The molecule has 2 aliphatic heterocycles. The number of benzene rings is 1. The molecular formula is C23H35N5O3. The van der Waals surface area contributed by atoms with E-state index in [1.807, 2.05) is 0 Å². The standard InChI is InChI=1S/C23H35N5O3/c29-21-9-10-24-11-12-25-16-18(17-26-13-14-27-21)6-2-1-5-15-28-22(30)19-7-3-4-8-20(19)23(28)31/h3-4,7-8,18,24-26H,1-2,5-6,9-17H2,(H,27,29). The Morgan fingerprint density at radius 2 is 1.42 bits per heavy atom. The lowest BCUT2D eigenvalue weighted by molar-refractivity contribution is -0.120. The van der Waals surface area contributed by atoms with Crippen molar-refractivity contribution >= 4 is 17.7 Å². The van der Waals surface area contributed by atoms with E-state index < -0.39 is 0 Å². The highest BCUT2D eigenvalue weighted by Gasteiger charge is 2.34. The van der Waals surface area contributed by atoms with Gasteiger partial charge in [0.25, 0.3) is 11.8 Å². The molecule has 1 unspecified atom stereocenters. The normalized spacial score (nSPS) is 21.5. The van der Waals surface area contributed by atoms with E-state index in [-0.39, 0.29) is 17.7 Å². The number of nitrogens with zero attached hydrogens (tertiary/aromatic N) is 1. The molecule has 0 spiro atoms. The number of carbonyl (C=O) groups is 3. The smallest absolute Gasteiger partial charge is 0.261 e. The van der Waals surface area contributed by atoms with Gasteiger partial charge in [-0.1, -0.05) is 25.0 Å². The summed E-state index contributed by atoms with van der Waals surface area (Å²) >= 11 is 0. The van der Waals surface area contributed by atoms with Crippen molar-refractivity contribution < 1.29 is 14.4 Å². The van der Waals surface area contributed by atoms with Gasteiger partial charge in [0.05, 0.1) is 11.1 Å². The Labute approximate surface area is 184 Å². The molecule has 0 aromatic heterocycles. The first kappa shape index (κ1) is 23.4. The molecular weight excluding hydrogens is 394 g/mol. The second-order valence-corrected chi connectivity index (χ2v) is 8.28. The van der Waals surface area contributed by atoms with Crippen LogP contribution in [0.25, 0.3) is 0 Å². The fourth-order valence-electron chi connectivity index (χ4n) is 4.09. The van der Waals surface area contributed by atoms with Gasteiger partial charge in [-0.3, -0.25) is 19.3 Å². The highest BCUT2D eigenvalue weighted by Crippen LogP contribution is 2.23. The maximum atomic E-state index is 12.4. The van der Waals surface area contributed by atoms with Gasteiger partial charge in [0.15, 0.2) is 0 Å². The molecule has 0 radical (unpaired) electrons. The third kappa shape index (κ3) is 7.12. The SMILES string of the molecule is O=C1CCNCCNCC(CCCCCN2C(=O)c3ccccc3C2=O)CNCCN1. The molecule has 3 rings (SSSR count). The monoisotopic (exact) mass is 429 g/mol. The average molecular weight is 430 g/mol. The summed E-state index contributed by atoms with van der Waals surface area (Å²) in [5, 5.41) is 13.2. The Bertz CT molecular complexity index is 719. The molecule has 2 heterocycles. The Kier molecular flexibility index (Phi) is 9.45. The first-order valence-electron chi connectivity index (χ1n) is 11.5. The molecule has 1 aromatic rings. The zero-order chi connectivity index (χ0) is 21.9. The van der Waals surface area contributed by atoms with Crippen molar-refractivity contribution in [1.82, 2.24) is 26.2 Å². The maximum Gasteiger partial charge on any atom is 0.261 e. The molecule has 8 nitrogen and oxygen atoms in total. The van der Waals surface area contributed by atoms with Crippen molar-refractivity contribution in [3.05, 3.63) is 35.4 Å². The van der Waals surface area contributed by atoms with Gasteiger partial charge >= 0.3 is 0 Å². The van der Waals surface area contributed by atoms with Crippen LogP contribution in [0.3, 0.4) is 0 Å². The number of rotatable bonds is 6. The molecule has 0 saturated carbocycles. The summed E-state index contributed by atoms with van der Waals surface area (Å²) < 4.78 is 0. The van der Waals surface area contributed by atoms with Gasteiger partial charge in [-0.25, -0.2) is 0 Å². The molecule has 1 saturated heterocycles. The number of hydrogen-bond donors (Lipinski definition) is 4. The molecule has 4 N–H and O–H groups in total. The van der Waals surface area contributed by atoms with E-state index in [2.05, 4.69) is 21.3 Å². The third-order valence-corrected chi connectivity index (χ3v) is 5.87. The minimum absolute atomic E-state index is 0.0916. The molecule has 8 heteroatoms. The highest BCUT2D eigenvalue weighted by molar-refractivity contribution is 6.21. The molecule has 2 aliphatic rings. The summed E-state index contributed by atoms with van der Waals surface area (Å²) in [5.74, 6) is 0.272. The first-order valence-corrected chi connectivity index (χ1v) is 11.5. The van der Waals surface area contributed by atoms with Crippen molar-refractivity contribution in [3.63, 3.8) is 0 Å². The molecule has 1 fully saturated rings. The number of amides is 3. The zero-order valence-electron chi connectivity index (χ0n) is 18.3. The Balaban J connectivity index is 1.36. The van der Waals surface area contributed by atoms with Crippen LogP contribution in [0.5, 0.6) is 0 Å². The summed E-state index contributed by atoms with van der Waals surface area (Å²) in [7, 11) is 0. The minimum Gasteiger partial charge on any atom is -0.355 e. The lowest BCUT2D eigenvalue weighted by Crippen LogP contribution is -2.39. The zero-order valence-corrected chi connectivity index (χ0v) is 18.3. The van der Waals surface area contributed by atoms with Gasteiger partial charge in [0.1, 0.15) is 0 Å². The molecule has 0 bridgehead atoms. The van der Waals surface area contributed by atoms with E-state index in [4.69, 9.17) is 0 Å². The van der Waals surface area contributed by atoms with E-state index in [9.17, 15) is 14.4 Å². The fraction of sp³-hybridized carbons (Fsp3) is 0.609. The van der Waals surface area contributed by atoms with Gasteiger partial charge in [0.2, 0.25) is 5.91 Å². The van der Waals surface area contributed by atoms with E-state index in [0.29, 0.717) is 43.1 Å². The first-order chi connectivity index (χ1) is 15.2. The van der Waals surface area contributed by atoms with E-state index >= 15 is 0 Å². The topological polar surface area (TPSA) is 103 Å². The van der Waals surface area contributed by atoms with Crippen molar-refractivity contribution in [2.24, 2.45) is 5.92 Å². The van der Waals surface area contributed by atoms with Crippen LogP contribution in [-0.4, -0.2) is 75.0 Å². The predicted molar refractivity (Wildman–Crippen MR) is 120 cm³/mol. The molecule has 0 aliphatic carbocycles. The van der Waals surface area contributed by atoms with Crippen LogP contribution in [-0.2, 0) is 4.79 Å². The van der Waals surface area contributed by atoms with E-state index in [0.717, 1.165) is 58.4 Å². The van der Waals surface area contributed by atoms with Crippen molar-refractivity contribution in [1.29, 1.82) is 0 Å². The quantitative estimate of drug-likeness (QED) is 0.393. The second-order valence-electron chi connectivity index (χ2n) is 8.28. The van der Waals surface area contributed by atoms with Gasteiger partial charge < -0.3 is 21.3 Å².